The molecule has 96 valence electrons. The molecule has 0 aromatic carbocycles. The molecular weight excluding hydrogens is 214 g/mol. The van der Waals surface area contributed by atoms with Gasteiger partial charge in [0.1, 0.15) is 0 Å². The zero-order valence-corrected chi connectivity index (χ0v) is 11.1. The summed E-state index contributed by atoms with van der Waals surface area (Å²) in [4.78, 5) is 14.3. The predicted octanol–water partition coefficient (Wildman–Crippen LogP) is 1.53. The van der Waals surface area contributed by atoms with E-state index in [1.165, 1.54) is 0 Å². The third-order valence-electron chi connectivity index (χ3n) is 2.91. The molecular formula is C13H23N3O. The van der Waals surface area contributed by atoms with Crippen molar-refractivity contribution < 1.29 is 4.79 Å². The van der Waals surface area contributed by atoms with Crippen LogP contribution in [-0.4, -0.2) is 36.0 Å². The molecule has 4 nitrogen and oxygen atoms in total. The summed E-state index contributed by atoms with van der Waals surface area (Å²) in [7, 11) is 0. The normalized spacial score (nSPS) is 21.9. The van der Waals surface area contributed by atoms with Crippen LogP contribution in [0.2, 0.25) is 0 Å². The third-order valence-corrected chi connectivity index (χ3v) is 2.91. The maximum atomic E-state index is 12.0. The number of carbonyl (C=O) groups excluding carboxylic acids is 1. The van der Waals surface area contributed by atoms with E-state index in [2.05, 4.69) is 16.3 Å². The lowest BCUT2D eigenvalue weighted by Gasteiger charge is -2.33. The van der Waals surface area contributed by atoms with Gasteiger partial charge in [0.15, 0.2) is 0 Å². The molecule has 0 aromatic heterocycles. The summed E-state index contributed by atoms with van der Waals surface area (Å²) in [6.45, 7) is 8.60. The highest BCUT2D eigenvalue weighted by atomic mass is 16.2. The molecule has 1 aliphatic heterocycles. The molecule has 0 aromatic rings. The number of nitriles is 1. The molecule has 1 unspecified atom stereocenters. The van der Waals surface area contributed by atoms with Gasteiger partial charge in [-0.1, -0.05) is 0 Å². The number of hydrogen-bond acceptors (Lipinski definition) is 3. The summed E-state index contributed by atoms with van der Waals surface area (Å²) >= 11 is 0. The highest BCUT2D eigenvalue weighted by Crippen LogP contribution is 2.17. The molecule has 1 atom stereocenters. The second-order valence-electron chi connectivity index (χ2n) is 5.79. The van der Waals surface area contributed by atoms with Gasteiger partial charge in [0.2, 0.25) is 5.91 Å². The molecule has 0 bridgehead atoms. The average molecular weight is 237 g/mol. The Kier molecular flexibility index (Phi) is 4.95. The van der Waals surface area contributed by atoms with Crippen LogP contribution in [0, 0.1) is 17.2 Å². The molecule has 1 aliphatic rings. The van der Waals surface area contributed by atoms with Crippen LogP contribution in [0.4, 0.5) is 0 Å². The van der Waals surface area contributed by atoms with Crippen molar-refractivity contribution >= 4 is 5.91 Å². The maximum Gasteiger partial charge on any atom is 0.224 e. The second kappa shape index (κ2) is 6.02. The standard InChI is InChI=1S/C13H23N3O/c1-13(2,3)15-12(17)11-6-4-8-16(10-11)9-5-7-14/h11H,4-6,8-10H2,1-3H3,(H,15,17). The number of carbonyl (C=O) groups is 1. The number of piperidine rings is 1. The molecule has 1 N–H and O–H groups in total. The van der Waals surface area contributed by atoms with Crippen LogP contribution in [-0.2, 0) is 4.79 Å². The third kappa shape index (κ3) is 5.18. The summed E-state index contributed by atoms with van der Waals surface area (Å²) in [6.07, 6.45) is 2.56. The topological polar surface area (TPSA) is 56.1 Å². The van der Waals surface area contributed by atoms with Gasteiger partial charge in [0, 0.05) is 25.0 Å². The van der Waals surface area contributed by atoms with Crippen molar-refractivity contribution in [2.45, 2.75) is 45.6 Å². The van der Waals surface area contributed by atoms with Crippen molar-refractivity contribution in [3.63, 3.8) is 0 Å². The first-order chi connectivity index (χ1) is 7.92. The van der Waals surface area contributed by atoms with Crippen LogP contribution in [0.3, 0.4) is 0 Å². The number of amides is 1. The van der Waals surface area contributed by atoms with E-state index in [0.29, 0.717) is 6.42 Å². The average Bonchev–Trinajstić information content (AvgIpc) is 2.24. The Bertz CT molecular complexity index is 301. The first-order valence-corrected chi connectivity index (χ1v) is 6.34. The number of rotatable bonds is 3. The number of nitrogens with zero attached hydrogens (tertiary/aromatic N) is 2. The summed E-state index contributed by atoms with van der Waals surface area (Å²) in [6, 6.07) is 2.16. The van der Waals surface area contributed by atoms with Gasteiger partial charge < -0.3 is 10.2 Å². The highest BCUT2D eigenvalue weighted by molar-refractivity contribution is 5.79. The fourth-order valence-electron chi connectivity index (χ4n) is 2.15. The quantitative estimate of drug-likeness (QED) is 0.810. The minimum Gasteiger partial charge on any atom is -0.351 e. The first kappa shape index (κ1) is 14.0. The zero-order chi connectivity index (χ0) is 12.9. The van der Waals surface area contributed by atoms with E-state index in [4.69, 9.17) is 5.26 Å². The second-order valence-corrected chi connectivity index (χ2v) is 5.79. The molecule has 1 rings (SSSR count). The first-order valence-electron chi connectivity index (χ1n) is 6.34. The zero-order valence-electron chi connectivity index (χ0n) is 11.1. The van der Waals surface area contributed by atoms with Crippen molar-refractivity contribution in [2.24, 2.45) is 5.92 Å². The summed E-state index contributed by atoms with van der Waals surface area (Å²) in [5.41, 5.74) is -0.161. The minimum atomic E-state index is -0.161. The number of hydrogen-bond donors (Lipinski definition) is 1. The van der Waals surface area contributed by atoms with E-state index in [0.717, 1.165) is 32.5 Å². The summed E-state index contributed by atoms with van der Waals surface area (Å²) in [5, 5.41) is 11.6. The van der Waals surface area contributed by atoms with Gasteiger partial charge >= 0.3 is 0 Å². The molecule has 1 saturated heterocycles. The van der Waals surface area contributed by atoms with Crippen molar-refractivity contribution in [2.75, 3.05) is 19.6 Å². The molecule has 1 amide bonds. The van der Waals surface area contributed by atoms with E-state index in [1.807, 2.05) is 20.8 Å². The van der Waals surface area contributed by atoms with Gasteiger partial charge in [-0.3, -0.25) is 4.79 Å². The Labute approximate surface area is 104 Å². The van der Waals surface area contributed by atoms with Crippen molar-refractivity contribution in [1.29, 1.82) is 5.26 Å². The van der Waals surface area contributed by atoms with Gasteiger partial charge in [0.25, 0.3) is 0 Å². The SMILES string of the molecule is CC(C)(C)NC(=O)C1CCCN(CCC#N)C1. The predicted molar refractivity (Wildman–Crippen MR) is 67.3 cm³/mol. The maximum absolute atomic E-state index is 12.0. The Morgan fingerprint density at radius 1 is 1.53 bits per heavy atom. The van der Waals surface area contributed by atoms with Gasteiger partial charge in [0.05, 0.1) is 12.0 Å². The largest absolute Gasteiger partial charge is 0.351 e. The lowest BCUT2D eigenvalue weighted by atomic mass is 9.95. The van der Waals surface area contributed by atoms with Gasteiger partial charge in [-0.2, -0.15) is 5.26 Å². The molecule has 1 heterocycles. The van der Waals surface area contributed by atoms with Crippen LogP contribution >= 0.6 is 0 Å². The van der Waals surface area contributed by atoms with Crippen LogP contribution in [0.15, 0.2) is 0 Å². The van der Waals surface area contributed by atoms with Crippen LogP contribution in [0.25, 0.3) is 0 Å². The molecule has 0 spiro atoms. The fourth-order valence-corrected chi connectivity index (χ4v) is 2.15. The molecule has 17 heavy (non-hydrogen) atoms. The Balaban J connectivity index is 2.43. The van der Waals surface area contributed by atoms with E-state index in [1.54, 1.807) is 0 Å². The Morgan fingerprint density at radius 3 is 2.82 bits per heavy atom. The lowest BCUT2D eigenvalue weighted by Crippen LogP contribution is -2.48. The number of nitrogens with one attached hydrogen (secondary N) is 1. The Morgan fingerprint density at radius 2 is 2.24 bits per heavy atom. The lowest BCUT2D eigenvalue weighted by molar-refractivity contribution is -0.128. The monoisotopic (exact) mass is 237 g/mol. The summed E-state index contributed by atoms with van der Waals surface area (Å²) in [5.74, 6) is 0.237. The van der Waals surface area contributed by atoms with Crippen molar-refractivity contribution in [1.82, 2.24) is 10.2 Å². The van der Waals surface area contributed by atoms with Crippen LogP contribution in [0.1, 0.15) is 40.0 Å². The molecule has 0 aliphatic carbocycles. The van der Waals surface area contributed by atoms with Crippen molar-refractivity contribution in [3.05, 3.63) is 0 Å². The van der Waals surface area contributed by atoms with Gasteiger partial charge in [-0.25, -0.2) is 0 Å². The molecule has 0 radical (unpaired) electrons. The molecule has 0 saturated carbocycles. The van der Waals surface area contributed by atoms with Gasteiger partial charge in [-0.15, -0.1) is 0 Å². The van der Waals surface area contributed by atoms with Crippen molar-refractivity contribution in [3.8, 4) is 6.07 Å². The Hall–Kier alpha value is -1.08. The molecule has 4 heteroatoms. The van der Waals surface area contributed by atoms with Crippen LogP contribution in [0.5, 0.6) is 0 Å². The smallest absolute Gasteiger partial charge is 0.224 e. The fraction of sp³-hybridized carbons (Fsp3) is 0.846. The van der Waals surface area contributed by atoms with Crippen LogP contribution < -0.4 is 5.32 Å². The van der Waals surface area contributed by atoms with Gasteiger partial charge in [-0.05, 0) is 40.2 Å². The summed E-state index contributed by atoms with van der Waals surface area (Å²) < 4.78 is 0. The van der Waals surface area contributed by atoms with E-state index < -0.39 is 0 Å². The highest BCUT2D eigenvalue weighted by Gasteiger charge is 2.27. The minimum absolute atomic E-state index is 0.0849. The number of likely N-dealkylation sites (tertiary alicyclic amines) is 1. The van der Waals surface area contributed by atoms with E-state index >= 15 is 0 Å². The molecule has 1 fully saturated rings. The van der Waals surface area contributed by atoms with E-state index in [-0.39, 0.29) is 17.4 Å². The van der Waals surface area contributed by atoms with E-state index in [9.17, 15) is 4.79 Å².